The quantitative estimate of drug-likeness (QED) is 0.832. The smallest absolute Gasteiger partial charge is 0.211 e. The molecule has 1 N–H and O–H groups in total. The number of phenols is 1. The highest BCUT2D eigenvalue weighted by Gasteiger charge is 2.26. The minimum absolute atomic E-state index is 0.0513. The van der Waals surface area contributed by atoms with E-state index in [1.807, 2.05) is 13.0 Å². The summed E-state index contributed by atoms with van der Waals surface area (Å²) in [5.41, 5.74) is 2.57. The fraction of sp³-hybridized carbons (Fsp3) is 0.312. The van der Waals surface area contributed by atoms with E-state index in [1.165, 1.54) is 12.1 Å². The highest BCUT2D eigenvalue weighted by Crippen LogP contribution is 2.31. The Balaban J connectivity index is 2.13. The van der Waals surface area contributed by atoms with E-state index in [9.17, 15) is 9.90 Å². The van der Waals surface area contributed by atoms with Crippen LogP contribution in [0.4, 0.5) is 0 Å². The van der Waals surface area contributed by atoms with Gasteiger partial charge in [0.1, 0.15) is 17.5 Å². The van der Waals surface area contributed by atoms with Crippen LogP contribution in [0, 0.1) is 11.3 Å². The number of nitriles is 1. The van der Waals surface area contributed by atoms with Crippen molar-refractivity contribution in [2.45, 2.75) is 26.5 Å². The Morgan fingerprint density at radius 3 is 3.04 bits per heavy atom. The fourth-order valence-corrected chi connectivity index (χ4v) is 3.14. The Hall–Kier alpha value is -2.17. The number of carbonyl (C=O) groups excluding carboxylic acids is 1. The summed E-state index contributed by atoms with van der Waals surface area (Å²) in [6, 6.07) is 4.80. The summed E-state index contributed by atoms with van der Waals surface area (Å²) < 4.78 is 7.45. The van der Waals surface area contributed by atoms with Crippen LogP contribution in [0.1, 0.15) is 39.8 Å². The van der Waals surface area contributed by atoms with Crippen molar-refractivity contribution >= 4 is 21.7 Å². The van der Waals surface area contributed by atoms with Crippen molar-refractivity contribution in [1.29, 1.82) is 5.26 Å². The summed E-state index contributed by atoms with van der Waals surface area (Å²) >= 11 is 3.18. The summed E-state index contributed by atoms with van der Waals surface area (Å²) in [4.78, 5) is 13.0. The van der Waals surface area contributed by atoms with Crippen LogP contribution in [0.3, 0.4) is 0 Å². The molecule has 2 aromatic rings. The zero-order valence-electron chi connectivity index (χ0n) is 12.5. The number of benzene rings is 1. The lowest BCUT2D eigenvalue weighted by molar-refractivity contribution is 0.0991. The Morgan fingerprint density at radius 1 is 1.57 bits per heavy atom. The zero-order chi connectivity index (χ0) is 16.6. The summed E-state index contributed by atoms with van der Waals surface area (Å²) in [7, 11) is 0. The van der Waals surface area contributed by atoms with Gasteiger partial charge in [-0.15, -0.1) is 0 Å². The number of aromatic nitrogens is 2. The van der Waals surface area contributed by atoms with Gasteiger partial charge in [0, 0.05) is 24.1 Å². The molecule has 0 atom stereocenters. The molecule has 1 aliphatic heterocycles. The van der Waals surface area contributed by atoms with E-state index in [1.54, 1.807) is 4.68 Å². The minimum Gasteiger partial charge on any atom is -0.505 e. The van der Waals surface area contributed by atoms with Crippen molar-refractivity contribution in [1.82, 2.24) is 9.78 Å². The van der Waals surface area contributed by atoms with E-state index in [-0.39, 0.29) is 17.1 Å². The van der Waals surface area contributed by atoms with Gasteiger partial charge < -0.3 is 9.84 Å². The number of fused-ring (bicyclic) bond motifs is 1. The molecule has 118 valence electrons. The normalized spacial score (nSPS) is 13.4. The molecule has 0 aliphatic carbocycles. The molecule has 7 heteroatoms. The molecule has 3 rings (SSSR count). The summed E-state index contributed by atoms with van der Waals surface area (Å²) in [6.45, 7) is 3.45. The van der Waals surface area contributed by atoms with E-state index in [2.05, 4.69) is 21.0 Å². The van der Waals surface area contributed by atoms with Crippen molar-refractivity contribution in [2.75, 3.05) is 6.61 Å². The lowest BCUT2D eigenvalue weighted by Gasteiger charge is -2.12. The number of carbonyl (C=O) groups is 1. The van der Waals surface area contributed by atoms with Gasteiger partial charge in [0.15, 0.2) is 0 Å². The van der Waals surface area contributed by atoms with Gasteiger partial charge in [0.05, 0.1) is 28.9 Å². The average Bonchev–Trinajstić information content (AvgIpc) is 2.95. The first-order valence-electron chi connectivity index (χ1n) is 7.20. The molecule has 0 unspecified atom stereocenters. The number of halogens is 1. The first-order chi connectivity index (χ1) is 11.1. The molecule has 1 aliphatic rings. The molecule has 0 radical (unpaired) electrons. The second kappa shape index (κ2) is 6.14. The molecular formula is C16H14BrN3O3. The minimum atomic E-state index is -0.233. The van der Waals surface area contributed by atoms with E-state index < -0.39 is 0 Å². The third-order valence-electron chi connectivity index (χ3n) is 3.82. The lowest BCUT2D eigenvalue weighted by atomic mass is 10.0. The van der Waals surface area contributed by atoms with Crippen LogP contribution in [0.2, 0.25) is 0 Å². The van der Waals surface area contributed by atoms with Crippen LogP contribution in [-0.2, 0) is 24.3 Å². The molecule has 0 fully saturated rings. The lowest BCUT2D eigenvalue weighted by Crippen LogP contribution is -2.15. The Morgan fingerprint density at radius 2 is 2.35 bits per heavy atom. The van der Waals surface area contributed by atoms with Gasteiger partial charge in [0.25, 0.3) is 0 Å². The number of nitrogens with zero attached hydrogens (tertiary/aromatic N) is 3. The predicted molar refractivity (Wildman–Crippen MR) is 85.2 cm³/mol. The maximum Gasteiger partial charge on any atom is 0.211 e. The summed E-state index contributed by atoms with van der Waals surface area (Å²) in [5, 5.41) is 23.4. The number of phenolic OH excluding ortho intramolecular Hbond substituents is 1. The standard InChI is InChI=1S/C16H14BrN3O3/c1-2-20-14(11-8-23-4-3-13(11)19-20)16(22)9-5-10(7-18)15(21)12(17)6-9/h5-6,21H,2-4,8H2,1H3. The number of hydrogen-bond acceptors (Lipinski definition) is 5. The number of aryl methyl sites for hydroxylation is 1. The van der Waals surface area contributed by atoms with Crippen molar-refractivity contribution in [3.05, 3.63) is 44.7 Å². The van der Waals surface area contributed by atoms with Crippen LogP contribution in [0.15, 0.2) is 16.6 Å². The van der Waals surface area contributed by atoms with E-state index in [0.717, 1.165) is 11.3 Å². The largest absolute Gasteiger partial charge is 0.505 e. The molecule has 0 saturated carbocycles. The molecule has 0 amide bonds. The van der Waals surface area contributed by atoms with Crippen LogP contribution in [0.5, 0.6) is 5.75 Å². The Bertz CT molecular complexity index is 836. The first kappa shape index (κ1) is 15.7. The topological polar surface area (TPSA) is 88.1 Å². The van der Waals surface area contributed by atoms with Gasteiger partial charge in [-0.05, 0) is 35.0 Å². The number of ketones is 1. The highest BCUT2D eigenvalue weighted by molar-refractivity contribution is 9.10. The van der Waals surface area contributed by atoms with Crippen LogP contribution in [0.25, 0.3) is 0 Å². The second-order valence-electron chi connectivity index (χ2n) is 5.19. The maximum absolute atomic E-state index is 13.0. The molecule has 6 nitrogen and oxygen atoms in total. The number of ether oxygens (including phenoxy) is 1. The number of rotatable bonds is 3. The van der Waals surface area contributed by atoms with E-state index in [4.69, 9.17) is 10.00 Å². The molecule has 0 spiro atoms. The molecule has 0 saturated heterocycles. The van der Waals surface area contributed by atoms with Gasteiger partial charge in [-0.2, -0.15) is 10.4 Å². The third kappa shape index (κ3) is 2.64. The van der Waals surface area contributed by atoms with Gasteiger partial charge >= 0.3 is 0 Å². The van der Waals surface area contributed by atoms with Crippen LogP contribution >= 0.6 is 15.9 Å². The Labute approximate surface area is 141 Å². The van der Waals surface area contributed by atoms with Gasteiger partial charge in [-0.3, -0.25) is 9.48 Å². The number of hydrogen-bond donors (Lipinski definition) is 1. The monoisotopic (exact) mass is 375 g/mol. The number of aromatic hydroxyl groups is 1. The average molecular weight is 376 g/mol. The summed E-state index contributed by atoms with van der Waals surface area (Å²) in [5.74, 6) is -0.401. The van der Waals surface area contributed by atoms with Crippen molar-refractivity contribution in [3.8, 4) is 11.8 Å². The summed E-state index contributed by atoms with van der Waals surface area (Å²) in [6.07, 6.45) is 0.686. The van der Waals surface area contributed by atoms with Gasteiger partial charge in [-0.25, -0.2) is 0 Å². The molecular weight excluding hydrogens is 362 g/mol. The Kier molecular flexibility index (Phi) is 4.20. The van der Waals surface area contributed by atoms with Crippen molar-refractivity contribution in [3.63, 3.8) is 0 Å². The molecule has 23 heavy (non-hydrogen) atoms. The van der Waals surface area contributed by atoms with Crippen LogP contribution < -0.4 is 0 Å². The van der Waals surface area contributed by atoms with E-state index in [0.29, 0.717) is 41.9 Å². The van der Waals surface area contributed by atoms with Crippen molar-refractivity contribution < 1.29 is 14.6 Å². The molecule has 1 aromatic heterocycles. The van der Waals surface area contributed by atoms with E-state index >= 15 is 0 Å². The SMILES string of the molecule is CCn1nc2c(c1C(=O)c1cc(Br)c(O)c(C#N)c1)COCC2. The molecule has 1 aromatic carbocycles. The van der Waals surface area contributed by atoms with Gasteiger partial charge in [0.2, 0.25) is 5.78 Å². The molecule has 0 bridgehead atoms. The zero-order valence-corrected chi connectivity index (χ0v) is 14.1. The van der Waals surface area contributed by atoms with Crippen molar-refractivity contribution in [2.24, 2.45) is 0 Å². The highest BCUT2D eigenvalue weighted by atomic mass is 79.9. The maximum atomic E-state index is 13.0. The van der Waals surface area contributed by atoms with Crippen LogP contribution in [-0.4, -0.2) is 27.3 Å². The van der Waals surface area contributed by atoms with Gasteiger partial charge in [-0.1, -0.05) is 0 Å². The first-order valence-corrected chi connectivity index (χ1v) is 7.99. The molecule has 2 heterocycles. The third-order valence-corrected chi connectivity index (χ3v) is 4.43. The second-order valence-corrected chi connectivity index (χ2v) is 6.04. The predicted octanol–water partition coefficient (Wildman–Crippen LogP) is 2.55. The fourth-order valence-electron chi connectivity index (χ4n) is 2.68.